The lowest BCUT2D eigenvalue weighted by molar-refractivity contribution is 0.0985. The van der Waals surface area contributed by atoms with Crippen molar-refractivity contribution in [3.05, 3.63) is 46.3 Å². The van der Waals surface area contributed by atoms with Gasteiger partial charge in [0.2, 0.25) is 0 Å². The number of fused-ring (bicyclic) bond motifs is 1. The summed E-state index contributed by atoms with van der Waals surface area (Å²) >= 11 is 0. The van der Waals surface area contributed by atoms with E-state index in [1.54, 1.807) is 25.1 Å². The molecule has 0 N–H and O–H groups in total. The molecule has 1 aromatic heterocycles. The fraction of sp³-hybridized carbons (Fsp3) is 0.286. The Balaban J connectivity index is 0.000000686. The van der Waals surface area contributed by atoms with Gasteiger partial charge in [0.05, 0.1) is 0 Å². The summed E-state index contributed by atoms with van der Waals surface area (Å²) < 4.78 is 5.04. The van der Waals surface area contributed by atoms with Gasteiger partial charge in [-0.2, -0.15) is 0 Å². The van der Waals surface area contributed by atoms with Gasteiger partial charge in [-0.05, 0) is 12.1 Å². The highest BCUT2D eigenvalue weighted by molar-refractivity contribution is 5.97. The molecule has 0 aliphatic heterocycles. The molecule has 0 aliphatic rings. The third-order valence-electron chi connectivity index (χ3n) is 2.26. The van der Waals surface area contributed by atoms with E-state index in [1.807, 2.05) is 26.0 Å². The van der Waals surface area contributed by atoms with Crippen LogP contribution in [0.3, 0.4) is 0 Å². The number of carbonyl (C=O) groups is 1. The quantitative estimate of drug-likeness (QED) is 0.588. The molecule has 1 aromatic carbocycles. The largest absolute Gasteiger partial charge is 0.422 e. The van der Waals surface area contributed by atoms with Crippen LogP contribution in [0.5, 0.6) is 0 Å². The van der Waals surface area contributed by atoms with Gasteiger partial charge in [-0.3, -0.25) is 4.79 Å². The minimum atomic E-state index is -0.555. The fourth-order valence-corrected chi connectivity index (χ4v) is 1.45. The van der Waals surface area contributed by atoms with Gasteiger partial charge in [0.1, 0.15) is 11.1 Å². The van der Waals surface area contributed by atoms with Crippen LogP contribution in [0.15, 0.2) is 39.5 Å². The molecule has 0 spiro atoms. The van der Waals surface area contributed by atoms with Gasteiger partial charge in [0.25, 0.3) is 0 Å². The third-order valence-corrected chi connectivity index (χ3v) is 2.26. The Labute approximate surface area is 100 Å². The van der Waals surface area contributed by atoms with Crippen molar-refractivity contribution in [3.63, 3.8) is 0 Å². The van der Waals surface area contributed by atoms with Crippen molar-refractivity contribution in [2.45, 2.75) is 27.2 Å². The smallest absolute Gasteiger partial charge is 0.347 e. The molecule has 0 bridgehead atoms. The Kier molecular flexibility index (Phi) is 4.64. The number of hydrogen-bond donors (Lipinski definition) is 0. The summed E-state index contributed by atoms with van der Waals surface area (Å²) in [5, 5.41) is 0.772. The number of hydrogen-bond acceptors (Lipinski definition) is 3. The third kappa shape index (κ3) is 2.81. The lowest BCUT2D eigenvalue weighted by Crippen LogP contribution is -2.12. The predicted octanol–water partition coefficient (Wildman–Crippen LogP) is 3.41. The van der Waals surface area contributed by atoms with Crippen molar-refractivity contribution >= 4 is 16.8 Å². The first kappa shape index (κ1) is 13.2. The van der Waals surface area contributed by atoms with Crippen molar-refractivity contribution in [2.75, 3.05) is 0 Å². The first-order valence-corrected chi connectivity index (χ1v) is 5.78. The molecule has 0 saturated carbocycles. The monoisotopic (exact) mass is 232 g/mol. The van der Waals surface area contributed by atoms with E-state index in [0.717, 1.165) is 5.39 Å². The lowest BCUT2D eigenvalue weighted by Gasteiger charge is -1.99. The molecule has 0 fully saturated rings. The van der Waals surface area contributed by atoms with E-state index in [1.165, 1.54) is 0 Å². The van der Waals surface area contributed by atoms with E-state index in [-0.39, 0.29) is 11.3 Å². The maximum Gasteiger partial charge on any atom is 0.347 e. The van der Waals surface area contributed by atoms with Gasteiger partial charge >= 0.3 is 5.63 Å². The predicted molar refractivity (Wildman–Crippen MR) is 68.5 cm³/mol. The molecule has 3 heteroatoms. The van der Waals surface area contributed by atoms with Crippen LogP contribution in [0.4, 0.5) is 0 Å². The van der Waals surface area contributed by atoms with Gasteiger partial charge in [-0.15, -0.1) is 0 Å². The Hall–Kier alpha value is -1.90. The molecule has 0 unspecified atom stereocenters. The Bertz CT molecular complexity index is 567. The summed E-state index contributed by atoms with van der Waals surface area (Å²) in [5.74, 6) is -0.186. The normalized spacial score (nSPS) is 9.59. The lowest BCUT2D eigenvalue weighted by atomic mass is 10.1. The first-order valence-electron chi connectivity index (χ1n) is 5.78. The number of Topliss-reactive ketones (excluding diaryl/α,β-unsaturated/α-hetero) is 1. The summed E-state index contributed by atoms with van der Waals surface area (Å²) in [6.07, 6.45) is 0.309. The molecule has 0 saturated heterocycles. The zero-order valence-corrected chi connectivity index (χ0v) is 10.3. The van der Waals surface area contributed by atoms with Gasteiger partial charge in [-0.25, -0.2) is 4.79 Å². The van der Waals surface area contributed by atoms with Crippen molar-refractivity contribution in [1.82, 2.24) is 0 Å². The second kappa shape index (κ2) is 5.99. The van der Waals surface area contributed by atoms with E-state index in [0.29, 0.717) is 12.0 Å². The van der Waals surface area contributed by atoms with Crippen molar-refractivity contribution in [1.29, 1.82) is 0 Å². The van der Waals surface area contributed by atoms with Crippen LogP contribution in [0.25, 0.3) is 11.0 Å². The highest BCUT2D eigenvalue weighted by Crippen LogP contribution is 2.13. The second-order valence-electron chi connectivity index (χ2n) is 3.26. The molecule has 0 radical (unpaired) electrons. The zero-order chi connectivity index (χ0) is 12.8. The molecule has 2 aromatic rings. The van der Waals surface area contributed by atoms with Crippen molar-refractivity contribution in [2.24, 2.45) is 0 Å². The molecule has 0 amide bonds. The molecule has 0 aliphatic carbocycles. The second-order valence-corrected chi connectivity index (χ2v) is 3.26. The Morgan fingerprint density at radius 3 is 2.53 bits per heavy atom. The standard InChI is InChI=1S/C12H10O3.C2H6/c1-2-10(13)9-7-8-5-3-4-6-11(8)15-12(9)14;1-2/h3-7H,2H2,1H3;1-2H3. The number of benzene rings is 1. The SMILES string of the molecule is CC.CCC(=O)c1cc2ccccc2oc1=O. The van der Waals surface area contributed by atoms with E-state index >= 15 is 0 Å². The van der Waals surface area contributed by atoms with E-state index in [9.17, 15) is 9.59 Å². The highest BCUT2D eigenvalue weighted by atomic mass is 16.4. The van der Waals surface area contributed by atoms with Crippen LogP contribution in [0, 0.1) is 0 Å². The van der Waals surface area contributed by atoms with Crippen LogP contribution in [-0.4, -0.2) is 5.78 Å². The molecule has 17 heavy (non-hydrogen) atoms. The molecule has 0 atom stereocenters. The average Bonchev–Trinajstić information content (AvgIpc) is 2.39. The average molecular weight is 232 g/mol. The Morgan fingerprint density at radius 2 is 1.88 bits per heavy atom. The minimum Gasteiger partial charge on any atom is -0.422 e. The maximum atomic E-state index is 11.4. The fourth-order valence-electron chi connectivity index (χ4n) is 1.45. The number of ketones is 1. The molecular weight excluding hydrogens is 216 g/mol. The summed E-state index contributed by atoms with van der Waals surface area (Å²) in [4.78, 5) is 22.9. The van der Waals surface area contributed by atoms with Crippen LogP contribution < -0.4 is 5.63 Å². The molecule has 3 nitrogen and oxygen atoms in total. The van der Waals surface area contributed by atoms with Gasteiger partial charge in [0, 0.05) is 11.8 Å². The summed E-state index contributed by atoms with van der Waals surface area (Å²) in [6, 6.07) is 8.73. The van der Waals surface area contributed by atoms with E-state index in [2.05, 4.69) is 0 Å². The number of para-hydroxylation sites is 1. The van der Waals surface area contributed by atoms with Gasteiger partial charge in [-0.1, -0.05) is 39.0 Å². The summed E-state index contributed by atoms with van der Waals surface area (Å²) in [6.45, 7) is 5.72. The van der Waals surface area contributed by atoms with Gasteiger partial charge in [0.15, 0.2) is 5.78 Å². The van der Waals surface area contributed by atoms with Crippen LogP contribution >= 0.6 is 0 Å². The van der Waals surface area contributed by atoms with E-state index < -0.39 is 5.63 Å². The van der Waals surface area contributed by atoms with Gasteiger partial charge < -0.3 is 4.42 Å². The van der Waals surface area contributed by atoms with Crippen LogP contribution in [-0.2, 0) is 0 Å². The molecule has 90 valence electrons. The van der Waals surface area contributed by atoms with Crippen LogP contribution in [0.1, 0.15) is 37.6 Å². The molecular formula is C14H16O3. The summed E-state index contributed by atoms with van der Waals surface area (Å²) in [5.41, 5.74) is 0.0897. The summed E-state index contributed by atoms with van der Waals surface area (Å²) in [7, 11) is 0. The number of carbonyl (C=O) groups excluding carboxylic acids is 1. The number of rotatable bonds is 2. The Morgan fingerprint density at radius 1 is 1.24 bits per heavy atom. The maximum absolute atomic E-state index is 11.4. The molecule has 1 heterocycles. The van der Waals surface area contributed by atoms with E-state index in [4.69, 9.17) is 4.42 Å². The van der Waals surface area contributed by atoms with Crippen molar-refractivity contribution < 1.29 is 9.21 Å². The van der Waals surface area contributed by atoms with Crippen LogP contribution in [0.2, 0.25) is 0 Å². The van der Waals surface area contributed by atoms with Crippen molar-refractivity contribution in [3.8, 4) is 0 Å². The molecule has 2 rings (SSSR count). The zero-order valence-electron chi connectivity index (χ0n) is 10.3. The first-order chi connectivity index (χ1) is 8.22. The topological polar surface area (TPSA) is 47.3 Å². The highest BCUT2D eigenvalue weighted by Gasteiger charge is 2.10. The minimum absolute atomic E-state index is 0.135.